The van der Waals surface area contributed by atoms with Gasteiger partial charge in [0.1, 0.15) is 23.2 Å². The number of aromatic amines is 1. The molecule has 2 aliphatic heterocycles. The number of rotatable bonds is 7. The van der Waals surface area contributed by atoms with Crippen molar-refractivity contribution >= 4 is 10.0 Å². The minimum absolute atomic E-state index is 0.0168. The van der Waals surface area contributed by atoms with E-state index in [0.29, 0.717) is 44.6 Å². The van der Waals surface area contributed by atoms with Gasteiger partial charge in [-0.3, -0.25) is 4.90 Å². The molecular formula is C27H34FN5O3S. The number of hydrogen-bond acceptors (Lipinski definition) is 6. The third kappa shape index (κ3) is 5.07. The number of benzene rings is 2. The molecule has 0 saturated carbocycles. The molecule has 0 aliphatic carbocycles. The van der Waals surface area contributed by atoms with Crippen molar-refractivity contribution in [3.05, 3.63) is 83.2 Å². The smallest absolute Gasteiger partial charge is 0.221 e. The molecule has 10 heteroatoms. The standard InChI is InChI=1S/C27H34FN5O3S/c1-20-8-11-25(21-6-4-3-5-7-21)37(34,35)33(20)17-22-9-10-23(16-24(22)28)27(12-14-36-15-13-27)32(2)18-26-29-19-30-31-26/h3-7,9-10,16,19-20,25H,8,11-15,17-18H2,1-2H3,(H,29,30,31)/t20-,25+/m0/s1. The molecule has 0 bridgehead atoms. The fraction of sp³-hybridized carbons (Fsp3) is 0.481. The van der Waals surface area contributed by atoms with Gasteiger partial charge in [0, 0.05) is 31.4 Å². The molecule has 2 saturated heterocycles. The van der Waals surface area contributed by atoms with Crippen molar-refractivity contribution in [2.24, 2.45) is 0 Å². The van der Waals surface area contributed by atoms with Crippen molar-refractivity contribution in [3.63, 3.8) is 0 Å². The summed E-state index contributed by atoms with van der Waals surface area (Å²) in [6.45, 7) is 3.61. The summed E-state index contributed by atoms with van der Waals surface area (Å²) in [5, 5.41) is 7.37. The number of H-pyrrole nitrogens is 1. The topological polar surface area (TPSA) is 91.4 Å². The highest BCUT2D eigenvalue weighted by Gasteiger charge is 2.42. The summed E-state index contributed by atoms with van der Waals surface area (Å²) in [6.07, 6.45) is 4.27. The maximum atomic E-state index is 15.7. The van der Waals surface area contributed by atoms with Crippen molar-refractivity contribution in [3.8, 4) is 0 Å². The van der Waals surface area contributed by atoms with Crippen LogP contribution in [-0.4, -0.2) is 59.1 Å². The number of sulfonamides is 1. The van der Waals surface area contributed by atoms with Crippen LogP contribution < -0.4 is 0 Å². The highest BCUT2D eigenvalue weighted by Crippen LogP contribution is 2.40. The summed E-state index contributed by atoms with van der Waals surface area (Å²) in [4.78, 5) is 5.21. The third-order valence-electron chi connectivity index (χ3n) is 8.02. The number of hydrogen-bond donors (Lipinski definition) is 1. The van der Waals surface area contributed by atoms with E-state index in [1.54, 1.807) is 18.5 Å². The summed E-state index contributed by atoms with van der Waals surface area (Å²) in [5.74, 6) is 0.350. The Hall–Kier alpha value is -2.66. The average molecular weight is 528 g/mol. The van der Waals surface area contributed by atoms with Crippen molar-refractivity contribution in [2.75, 3.05) is 20.3 Å². The van der Waals surface area contributed by atoms with Crippen molar-refractivity contribution in [1.82, 2.24) is 24.4 Å². The third-order valence-corrected chi connectivity index (χ3v) is 10.4. The Bertz CT molecular complexity index is 1300. The summed E-state index contributed by atoms with van der Waals surface area (Å²) < 4.78 is 50.0. The minimum atomic E-state index is -3.64. The van der Waals surface area contributed by atoms with Crippen molar-refractivity contribution in [2.45, 2.75) is 62.5 Å². The Balaban J connectivity index is 1.41. The molecule has 3 heterocycles. The van der Waals surface area contributed by atoms with E-state index in [1.807, 2.05) is 50.4 Å². The lowest BCUT2D eigenvalue weighted by atomic mass is 9.80. The summed E-state index contributed by atoms with van der Waals surface area (Å²) in [5.41, 5.74) is 1.60. The van der Waals surface area contributed by atoms with Crippen LogP contribution in [-0.2, 0) is 33.4 Å². The van der Waals surface area contributed by atoms with E-state index in [4.69, 9.17) is 4.74 Å². The SMILES string of the molecule is C[C@H]1CC[C@H](c2ccccc2)S(=O)(=O)N1Cc1ccc(C2(N(C)Cc3nnc[nH]3)CCOCC2)cc1F. The molecule has 1 N–H and O–H groups in total. The van der Waals surface area contributed by atoms with Gasteiger partial charge in [0.15, 0.2) is 0 Å². The molecule has 0 spiro atoms. The molecule has 5 rings (SSSR count). The van der Waals surface area contributed by atoms with Gasteiger partial charge in [0.25, 0.3) is 0 Å². The maximum absolute atomic E-state index is 15.7. The molecule has 8 nitrogen and oxygen atoms in total. The zero-order valence-electron chi connectivity index (χ0n) is 21.3. The van der Waals surface area contributed by atoms with Gasteiger partial charge in [0.2, 0.25) is 10.0 Å². The Morgan fingerprint density at radius 3 is 2.59 bits per heavy atom. The Morgan fingerprint density at radius 1 is 1.16 bits per heavy atom. The number of ether oxygens (including phenoxy) is 1. The van der Waals surface area contributed by atoms with Crippen LogP contribution in [0.15, 0.2) is 54.9 Å². The predicted molar refractivity (Wildman–Crippen MR) is 138 cm³/mol. The Labute approximate surface area is 217 Å². The molecule has 37 heavy (non-hydrogen) atoms. The zero-order valence-corrected chi connectivity index (χ0v) is 22.1. The van der Waals surface area contributed by atoms with Crippen LogP contribution in [0.2, 0.25) is 0 Å². The molecular weight excluding hydrogens is 493 g/mol. The molecule has 198 valence electrons. The van der Waals surface area contributed by atoms with Crippen LogP contribution in [0, 0.1) is 5.82 Å². The zero-order chi connectivity index (χ0) is 26.0. The van der Waals surface area contributed by atoms with Crippen molar-refractivity contribution in [1.29, 1.82) is 0 Å². The molecule has 0 radical (unpaired) electrons. The van der Waals surface area contributed by atoms with Gasteiger partial charge in [0.05, 0.1) is 12.1 Å². The fourth-order valence-electron chi connectivity index (χ4n) is 5.77. The van der Waals surface area contributed by atoms with Crippen LogP contribution in [0.1, 0.15) is 60.4 Å². The van der Waals surface area contributed by atoms with Crippen LogP contribution in [0.4, 0.5) is 4.39 Å². The van der Waals surface area contributed by atoms with E-state index in [2.05, 4.69) is 20.1 Å². The quantitative estimate of drug-likeness (QED) is 0.497. The number of halogens is 1. The summed E-state index contributed by atoms with van der Waals surface area (Å²) >= 11 is 0. The number of aromatic nitrogens is 3. The van der Waals surface area contributed by atoms with E-state index in [-0.39, 0.29) is 18.4 Å². The van der Waals surface area contributed by atoms with Gasteiger partial charge in [-0.05, 0) is 56.8 Å². The first kappa shape index (κ1) is 26.0. The molecule has 0 amide bonds. The van der Waals surface area contributed by atoms with Crippen LogP contribution >= 0.6 is 0 Å². The summed E-state index contributed by atoms with van der Waals surface area (Å²) in [6, 6.07) is 14.4. The van der Waals surface area contributed by atoms with Gasteiger partial charge in [-0.15, -0.1) is 10.2 Å². The molecule has 2 aliphatic rings. The lowest BCUT2D eigenvalue weighted by molar-refractivity contribution is -0.0257. The average Bonchev–Trinajstić information content (AvgIpc) is 3.41. The van der Waals surface area contributed by atoms with Crippen LogP contribution in [0.25, 0.3) is 0 Å². The Morgan fingerprint density at radius 2 is 1.92 bits per heavy atom. The van der Waals surface area contributed by atoms with Crippen LogP contribution in [0.3, 0.4) is 0 Å². The lowest BCUT2D eigenvalue weighted by Gasteiger charge is -2.45. The molecule has 3 aromatic rings. The molecule has 2 aromatic carbocycles. The molecule has 1 aromatic heterocycles. The van der Waals surface area contributed by atoms with Crippen molar-refractivity contribution < 1.29 is 17.5 Å². The first-order valence-corrected chi connectivity index (χ1v) is 14.3. The minimum Gasteiger partial charge on any atom is -0.381 e. The Kier molecular flexibility index (Phi) is 7.44. The molecule has 2 atom stereocenters. The predicted octanol–water partition coefficient (Wildman–Crippen LogP) is 4.14. The van der Waals surface area contributed by atoms with Gasteiger partial charge in [-0.25, -0.2) is 12.8 Å². The van der Waals surface area contributed by atoms with E-state index < -0.39 is 20.8 Å². The van der Waals surface area contributed by atoms with Gasteiger partial charge in [-0.1, -0.05) is 42.5 Å². The fourth-order valence-corrected chi connectivity index (χ4v) is 7.96. The largest absolute Gasteiger partial charge is 0.381 e. The number of nitrogens with zero attached hydrogens (tertiary/aromatic N) is 4. The van der Waals surface area contributed by atoms with Gasteiger partial charge >= 0.3 is 0 Å². The van der Waals surface area contributed by atoms with Gasteiger partial charge < -0.3 is 9.72 Å². The second-order valence-electron chi connectivity index (χ2n) is 10.2. The highest BCUT2D eigenvalue weighted by molar-refractivity contribution is 7.89. The number of nitrogens with one attached hydrogen (secondary N) is 1. The monoisotopic (exact) mass is 527 g/mol. The van der Waals surface area contributed by atoms with E-state index in [1.165, 1.54) is 4.31 Å². The first-order valence-electron chi connectivity index (χ1n) is 12.8. The molecule has 2 fully saturated rings. The molecule has 0 unspecified atom stereocenters. The van der Waals surface area contributed by atoms with Crippen LogP contribution in [0.5, 0.6) is 0 Å². The second kappa shape index (κ2) is 10.6. The highest BCUT2D eigenvalue weighted by atomic mass is 32.2. The maximum Gasteiger partial charge on any atom is 0.221 e. The van der Waals surface area contributed by atoms with E-state index in [0.717, 1.165) is 23.4 Å². The van der Waals surface area contributed by atoms with E-state index in [9.17, 15) is 8.42 Å². The summed E-state index contributed by atoms with van der Waals surface area (Å²) in [7, 11) is -1.64. The first-order chi connectivity index (χ1) is 17.8. The lowest BCUT2D eigenvalue weighted by Crippen LogP contribution is -2.47. The normalized spacial score (nSPS) is 23.8. The van der Waals surface area contributed by atoms with E-state index >= 15 is 4.39 Å². The van der Waals surface area contributed by atoms with Gasteiger partial charge in [-0.2, -0.15) is 4.31 Å². The second-order valence-corrected chi connectivity index (χ2v) is 12.2.